The van der Waals surface area contributed by atoms with Crippen LogP contribution in [-0.4, -0.2) is 19.0 Å². The summed E-state index contributed by atoms with van der Waals surface area (Å²) in [6.45, 7) is 7.80. The minimum Gasteiger partial charge on any atom is -0.449 e. The van der Waals surface area contributed by atoms with Gasteiger partial charge in [0.15, 0.2) is 11.5 Å². The van der Waals surface area contributed by atoms with Crippen LogP contribution in [0.15, 0.2) is 30.4 Å². The van der Waals surface area contributed by atoms with Crippen molar-refractivity contribution in [3.8, 4) is 11.5 Å². The smallest absolute Gasteiger partial charge is 0.246 e. The summed E-state index contributed by atoms with van der Waals surface area (Å²) in [7, 11) is 0. The van der Waals surface area contributed by atoms with Crippen LogP contribution in [0.2, 0.25) is 0 Å². The fraction of sp³-hybridized carbons (Fsp3) is 0.724. The number of rotatable bonds is 19. The Labute approximate surface area is 197 Å². The Bertz CT molecular complexity index is 635. The van der Waals surface area contributed by atoms with Gasteiger partial charge in [-0.05, 0) is 56.2 Å². The van der Waals surface area contributed by atoms with Crippen LogP contribution in [0.3, 0.4) is 0 Å². The Balaban J connectivity index is 1.33. The first-order valence-corrected chi connectivity index (χ1v) is 13.3. The maximum absolute atomic E-state index is 5.84. The molecular formula is C29H48O3. The van der Waals surface area contributed by atoms with Gasteiger partial charge in [0.1, 0.15) is 0 Å². The number of hydrogen-bond acceptors (Lipinski definition) is 3. The zero-order valence-corrected chi connectivity index (χ0v) is 21.1. The van der Waals surface area contributed by atoms with E-state index in [1.807, 2.05) is 19.9 Å². The van der Waals surface area contributed by atoms with Gasteiger partial charge in [-0.3, -0.25) is 0 Å². The molecule has 0 unspecified atom stereocenters. The van der Waals surface area contributed by atoms with Crippen molar-refractivity contribution in [1.82, 2.24) is 0 Å². The SMILES string of the molecule is CCCCCCCCC=CCCCCCCCCOCCc1ccc2c(c1)OC(C)(C)O2. The first-order chi connectivity index (χ1) is 15.6. The van der Waals surface area contributed by atoms with E-state index in [2.05, 4.69) is 31.2 Å². The van der Waals surface area contributed by atoms with Crippen molar-refractivity contribution >= 4 is 0 Å². The van der Waals surface area contributed by atoms with Crippen molar-refractivity contribution in [3.63, 3.8) is 0 Å². The normalized spacial score (nSPS) is 14.5. The third-order valence-electron chi connectivity index (χ3n) is 6.06. The summed E-state index contributed by atoms with van der Waals surface area (Å²) in [5, 5.41) is 0. The molecule has 0 spiro atoms. The van der Waals surface area contributed by atoms with Gasteiger partial charge in [0.2, 0.25) is 5.79 Å². The molecule has 1 aromatic rings. The van der Waals surface area contributed by atoms with Gasteiger partial charge < -0.3 is 14.2 Å². The molecule has 3 nitrogen and oxygen atoms in total. The average Bonchev–Trinajstić information content (AvgIpc) is 3.08. The molecule has 0 amide bonds. The van der Waals surface area contributed by atoms with E-state index < -0.39 is 5.79 Å². The Morgan fingerprint density at radius 1 is 0.719 bits per heavy atom. The van der Waals surface area contributed by atoms with Gasteiger partial charge in [-0.25, -0.2) is 0 Å². The first kappa shape index (κ1) is 26.8. The molecule has 0 bridgehead atoms. The van der Waals surface area contributed by atoms with E-state index in [-0.39, 0.29) is 0 Å². The van der Waals surface area contributed by atoms with Crippen LogP contribution < -0.4 is 9.47 Å². The van der Waals surface area contributed by atoms with Crippen LogP contribution in [0, 0.1) is 0 Å². The van der Waals surface area contributed by atoms with E-state index in [4.69, 9.17) is 14.2 Å². The van der Waals surface area contributed by atoms with Crippen molar-refractivity contribution in [2.45, 2.75) is 123 Å². The lowest BCUT2D eigenvalue weighted by molar-refractivity contribution is -0.0431. The fourth-order valence-corrected chi connectivity index (χ4v) is 4.17. The molecule has 0 atom stereocenters. The quantitative estimate of drug-likeness (QED) is 0.158. The van der Waals surface area contributed by atoms with E-state index in [9.17, 15) is 0 Å². The van der Waals surface area contributed by atoms with Gasteiger partial charge in [-0.2, -0.15) is 0 Å². The molecule has 1 aliphatic heterocycles. The molecule has 0 radical (unpaired) electrons. The highest BCUT2D eigenvalue weighted by Gasteiger charge is 2.31. The molecule has 0 aromatic heterocycles. The summed E-state index contributed by atoms with van der Waals surface area (Å²) in [4.78, 5) is 0. The maximum atomic E-state index is 5.84. The minimum atomic E-state index is -0.554. The molecule has 1 aliphatic rings. The van der Waals surface area contributed by atoms with Gasteiger partial charge in [0.05, 0.1) is 6.61 Å². The maximum Gasteiger partial charge on any atom is 0.246 e. The molecule has 0 saturated carbocycles. The lowest BCUT2D eigenvalue weighted by Gasteiger charge is -2.16. The molecule has 182 valence electrons. The van der Waals surface area contributed by atoms with Crippen LogP contribution in [-0.2, 0) is 11.2 Å². The van der Waals surface area contributed by atoms with Gasteiger partial charge in [0.25, 0.3) is 0 Å². The molecule has 1 heterocycles. The summed E-state index contributed by atoms with van der Waals surface area (Å²) in [5.74, 6) is 1.13. The Hall–Kier alpha value is -1.48. The van der Waals surface area contributed by atoms with E-state index >= 15 is 0 Å². The van der Waals surface area contributed by atoms with Crippen LogP contribution in [0.1, 0.15) is 116 Å². The zero-order chi connectivity index (χ0) is 22.9. The third kappa shape index (κ3) is 11.9. The van der Waals surface area contributed by atoms with Gasteiger partial charge in [-0.15, -0.1) is 0 Å². The van der Waals surface area contributed by atoms with Crippen molar-refractivity contribution in [1.29, 1.82) is 0 Å². The average molecular weight is 445 g/mol. The van der Waals surface area contributed by atoms with E-state index in [1.54, 1.807) is 0 Å². The second-order valence-electron chi connectivity index (χ2n) is 9.69. The van der Waals surface area contributed by atoms with Crippen molar-refractivity contribution in [2.75, 3.05) is 13.2 Å². The Morgan fingerprint density at radius 3 is 2.00 bits per heavy atom. The molecule has 32 heavy (non-hydrogen) atoms. The number of unbranched alkanes of at least 4 members (excludes halogenated alkanes) is 12. The minimum absolute atomic E-state index is 0.554. The number of hydrogen-bond donors (Lipinski definition) is 0. The number of benzene rings is 1. The van der Waals surface area contributed by atoms with Crippen molar-refractivity contribution in [3.05, 3.63) is 35.9 Å². The number of ether oxygens (including phenoxy) is 3. The summed E-state index contributed by atoms with van der Waals surface area (Å²) < 4.78 is 17.4. The topological polar surface area (TPSA) is 27.7 Å². The molecule has 0 saturated heterocycles. The first-order valence-electron chi connectivity index (χ1n) is 13.3. The summed E-state index contributed by atoms with van der Waals surface area (Å²) in [5.41, 5.74) is 1.24. The summed E-state index contributed by atoms with van der Waals surface area (Å²) in [6.07, 6.45) is 24.5. The molecule has 0 aliphatic carbocycles. The van der Waals surface area contributed by atoms with E-state index in [0.29, 0.717) is 0 Å². The molecule has 0 N–H and O–H groups in total. The monoisotopic (exact) mass is 444 g/mol. The summed E-state index contributed by atoms with van der Waals surface area (Å²) in [6, 6.07) is 6.19. The van der Waals surface area contributed by atoms with Crippen LogP contribution in [0.4, 0.5) is 0 Å². The Kier molecular flexibility index (Phi) is 13.5. The highest BCUT2D eigenvalue weighted by atomic mass is 16.7. The second-order valence-corrected chi connectivity index (χ2v) is 9.69. The lowest BCUT2D eigenvalue weighted by atomic mass is 10.1. The predicted octanol–water partition coefficient (Wildman–Crippen LogP) is 8.79. The van der Waals surface area contributed by atoms with Gasteiger partial charge in [-0.1, -0.05) is 82.9 Å². The molecule has 1 aromatic carbocycles. The summed E-state index contributed by atoms with van der Waals surface area (Å²) >= 11 is 0. The van der Waals surface area contributed by atoms with Crippen LogP contribution >= 0.6 is 0 Å². The van der Waals surface area contributed by atoms with E-state index in [1.165, 1.54) is 95.5 Å². The number of fused-ring (bicyclic) bond motifs is 1. The molecule has 0 fully saturated rings. The highest BCUT2D eigenvalue weighted by molar-refractivity contribution is 5.45. The predicted molar refractivity (Wildman–Crippen MR) is 136 cm³/mol. The lowest BCUT2D eigenvalue weighted by Crippen LogP contribution is -2.29. The van der Waals surface area contributed by atoms with Crippen molar-refractivity contribution < 1.29 is 14.2 Å². The second kappa shape index (κ2) is 16.2. The zero-order valence-electron chi connectivity index (χ0n) is 21.1. The van der Waals surface area contributed by atoms with Gasteiger partial charge in [0, 0.05) is 20.5 Å². The van der Waals surface area contributed by atoms with Gasteiger partial charge >= 0.3 is 0 Å². The fourth-order valence-electron chi connectivity index (χ4n) is 4.17. The van der Waals surface area contributed by atoms with Crippen molar-refractivity contribution in [2.24, 2.45) is 0 Å². The van der Waals surface area contributed by atoms with Crippen LogP contribution in [0.25, 0.3) is 0 Å². The van der Waals surface area contributed by atoms with E-state index in [0.717, 1.165) is 31.1 Å². The largest absolute Gasteiger partial charge is 0.449 e. The number of allylic oxidation sites excluding steroid dienone is 2. The third-order valence-corrected chi connectivity index (χ3v) is 6.06. The van der Waals surface area contributed by atoms with Crippen LogP contribution in [0.5, 0.6) is 11.5 Å². The molecule has 3 heteroatoms. The molecule has 2 rings (SSSR count). The highest BCUT2D eigenvalue weighted by Crippen LogP contribution is 2.39. The molecular weight excluding hydrogens is 396 g/mol. The Morgan fingerprint density at radius 2 is 1.31 bits per heavy atom. The standard InChI is InChI=1S/C29H48O3/c1-4-5-6-7-8-9-10-11-12-13-14-15-16-17-18-19-23-30-24-22-26-20-21-27-28(25-26)32-29(2,3)31-27/h11-12,20-21,25H,4-10,13-19,22-24H2,1-3H3.